The standard InChI is InChI=1S/C27H26N4O6S/c1-16-14-17(2)24(18(3)15-16)37-27-20(25(32)31-38(33,34)23-8-6-7-13-28-23)9-11-21(29-27)19-10-12-22(35-4)30-26(19)36-5/h6-15H,1-5H3,(H,31,32). The molecule has 196 valence electrons. The lowest BCUT2D eigenvalue weighted by atomic mass is 10.1. The number of nitrogens with zero attached hydrogens (tertiary/aromatic N) is 3. The van der Waals surface area contributed by atoms with E-state index in [9.17, 15) is 13.2 Å². The van der Waals surface area contributed by atoms with Gasteiger partial charge in [0.25, 0.3) is 15.9 Å². The van der Waals surface area contributed by atoms with Crippen molar-refractivity contribution >= 4 is 15.9 Å². The fourth-order valence-electron chi connectivity index (χ4n) is 3.89. The SMILES string of the molecule is COc1ccc(-c2ccc(C(=O)NS(=O)(=O)c3ccccn3)c(Oc3c(C)cc(C)cc3C)n2)c(OC)n1. The summed E-state index contributed by atoms with van der Waals surface area (Å²) in [5, 5.41) is -0.292. The zero-order valence-electron chi connectivity index (χ0n) is 21.5. The molecular formula is C27H26N4O6S. The minimum atomic E-state index is -4.24. The molecule has 0 atom stereocenters. The second kappa shape index (κ2) is 10.9. The summed E-state index contributed by atoms with van der Waals surface area (Å²) in [5.74, 6) is 0.0851. The van der Waals surface area contributed by atoms with Crippen LogP contribution in [-0.4, -0.2) is 43.5 Å². The van der Waals surface area contributed by atoms with Crippen LogP contribution in [0.25, 0.3) is 11.3 Å². The first-order valence-corrected chi connectivity index (χ1v) is 13.0. The number of carbonyl (C=O) groups excluding carboxylic acids is 1. The Kier molecular flexibility index (Phi) is 7.58. The number of sulfonamides is 1. The topological polar surface area (TPSA) is 130 Å². The second-order valence-electron chi connectivity index (χ2n) is 8.39. The first-order valence-electron chi connectivity index (χ1n) is 11.5. The summed E-state index contributed by atoms with van der Waals surface area (Å²) in [6, 6.07) is 14.6. The summed E-state index contributed by atoms with van der Waals surface area (Å²) in [7, 11) is -1.28. The molecule has 0 unspecified atom stereocenters. The van der Waals surface area contributed by atoms with Crippen LogP contribution in [0.15, 0.2) is 65.8 Å². The molecular weight excluding hydrogens is 508 g/mol. The van der Waals surface area contributed by atoms with Crippen molar-refractivity contribution in [1.82, 2.24) is 19.7 Å². The van der Waals surface area contributed by atoms with E-state index in [2.05, 4.69) is 15.0 Å². The molecule has 0 spiro atoms. The van der Waals surface area contributed by atoms with Gasteiger partial charge >= 0.3 is 0 Å². The molecule has 11 heteroatoms. The summed E-state index contributed by atoms with van der Waals surface area (Å²) < 4.78 is 44.3. The van der Waals surface area contributed by atoms with E-state index in [0.717, 1.165) is 16.7 Å². The van der Waals surface area contributed by atoms with Crippen molar-refractivity contribution in [2.75, 3.05) is 14.2 Å². The van der Waals surface area contributed by atoms with Gasteiger partial charge in [0.05, 0.1) is 25.5 Å². The summed E-state index contributed by atoms with van der Waals surface area (Å²) in [6.45, 7) is 5.72. The Labute approximate surface area is 220 Å². The number of aryl methyl sites for hydroxylation is 3. The molecule has 1 N–H and O–H groups in total. The number of hydrogen-bond acceptors (Lipinski definition) is 9. The Morgan fingerprint density at radius 3 is 2.24 bits per heavy atom. The molecule has 0 bridgehead atoms. The normalized spacial score (nSPS) is 11.1. The van der Waals surface area contributed by atoms with E-state index in [0.29, 0.717) is 22.9 Å². The quantitative estimate of drug-likeness (QED) is 0.350. The highest BCUT2D eigenvalue weighted by atomic mass is 32.2. The predicted octanol–water partition coefficient (Wildman–Crippen LogP) is 4.39. The first-order chi connectivity index (χ1) is 18.1. The number of rotatable bonds is 8. The van der Waals surface area contributed by atoms with Gasteiger partial charge in [0.15, 0.2) is 5.03 Å². The van der Waals surface area contributed by atoms with Crippen LogP contribution in [0.2, 0.25) is 0 Å². The minimum absolute atomic E-state index is 0.0898. The number of carbonyl (C=O) groups is 1. The molecule has 3 heterocycles. The van der Waals surface area contributed by atoms with E-state index in [-0.39, 0.29) is 22.3 Å². The molecule has 38 heavy (non-hydrogen) atoms. The van der Waals surface area contributed by atoms with Crippen LogP contribution in [0.3, 0.4) is 0 Å². The first kappa shape index (κ1) is 26.6. The Hall–Kier alpha value is -4.51. The minimum Gasteiger partial charge on any atom is -0.481 e. The fourth-order valence-corrected chi connectivity index (χ4v) is 4.80. The van der Waals surface area contributed by atoms with E-state index >= 15 is 0 Å². The zero-order chi connectivity index (χ0) is 27.4. The summed E-state index contributed by atoms with van der Waals surface area (Å²) in [6.07, 6.45) is 1.32. The van der Waals surface area contributed by atoms with Gasteiger partial charge in [-0.15, -0.1) is 0 Å². The molecule has 0 aliphatic carbocycles. The van der Waals surface area contributed by atoms with Crippen molar-refractivity contribution < 1.29 is 27.4 Å². The highest BCUT2D eigenvalue weighted by Gasteiger charge is 2.25. The molecule has 0 saturated carbocycles. The van der Waals surface area contributed by atoms with Gasteiger partial charge in [-0.25, -0.2) is 14.7 Å². The van der Waals surface area contributed by atoms with Crippen molar-refractivity contribution in [3.05, 3.63) is 83.0 Å². The third-order valence-corrected chi connectivity index (χ3v) is 6.81. The van der Waals surface area contributed by atoms with Crippen LogP contribution >= 0.6 is 0 Å². The van der Waals surface area contributed by atoms with Gasteiger partial charge in [0.2, 0.25) is 17.6 Å². The van der Waals surface area contributed by atoms with Crippen molar-refractivity contribution in [2.45, 2.75) is 25.8 Å². The van der Waals surface area contributed by atoms with Gasteiger partial charge in [-0.05, 0) is 62.2 Å². The molecule has 0 fully saturated rings. The molecule has 0 aliphatic heterocycles. The number of ether oxygens (including phenoxy) is 3. The molecule has 0 saturated heterocycles. The molecule has 4 rings (SSSR count). The Morgan fingerprint density at radius 1 is 0.868 bits per heavy atom. The lowest BCUT2D eigenvalue weighted by molar-refractivity contribution is 0.0978. The van der Waals surface area contributed by atoms with Gasteiger partial charge in [0.1, 0.15) is 11.3 Å². The Bertz CT molecular complexity index is 1580. The zero-order valence-corrected chi connectivity index (χ0v) is 22.3. The van der Waals surface area contributed by atoms with Gasteiger partial charge in [0, 0.05) is 12.3 Å². The smallest absolute Gasteiger partial charge is 0.281 e. The van der Waals surface area contributed by atoms with Crippen molar-refractivity contribution in [2.24, 2.45) is 0 Å². The van der Waals surface area contributed by atoms with E-state index in [1.165, 1.54) is 38.6 Å². The monoisotopic (exact) mass is 534 g/mol. The highest BCUT2D eigenvalue weighted by molar-refractivity contribution is 7.90. The maximum atomic E-state index is 13.2. The third-order valence-electron chi connectivity index (χ3n) is 5.56. The predicted molar refractivity (Wildman–Crippen MR) is 140 cm³/mol. The number of hydrogen-bond donors (Lipinski definition) is 1. The molecule has 1 aromatic carbocycles. The van der Waals surface area contributed by atoms with Crippen LogP contribution < -0.4 is 18.9 Å². The average Bonchev–Trinajstić information content (AvgIpc) is 2.90. The maximum absolute atomic E-state index is 13.2. The number of methoxy groups -OCH3 is 2. The second-order valence-corrected chi connectivity index (χ2v) is 10.0. The molecule has 10 nitrogen and oxygen atoms in total. The van der Waals surface area contributed by atoms with E-state index < -0.39 is 15.9 Å². The van der Waals surface area contributed by atoms with Crippen LogP contribution in [0.4, 0.5) is 0 Å². The summed E-state index contributed by atoms with van der Waals surface area (Å²) >= 11 is 0. The fraction of sp³-hybridized carbons (Fsp3) is 0.185. The van der Waals surface area contributed by atoms with Crippen LogP contribution in [0, 0.1) is 20.8 Å². The lowest BCUT2D eigenvalue weighted by Crippen LogP contribution is -2.31. The molecule has 4 aromatic rings. The molecule has 0 radical (unpaired) electrons. The number of aromatic nitrogens is 3. The van der Waals surface area contributed by atoms with Crippen molar-refractivity contribution in [3.63, 3.8) is 0 Å². The summed E-state index contributed by atoms with van der Waals surface area (Å²) in [5.41, 5.74) is 3.51. The Balaban J connectivity index is 1.81. The number of amides is 1. The lowest BCUT2D eigenvalue weighted by Gasteiger charge is -2.16. The molecule has 0 aliphatic rings. The highest BCUT2D eigenvalue weighted by Crippen LogP contribution is 2.35. The van der Waals surface area contributed by atoms with E-state index in [4.69, 9.17) is 14.2 Å². The van der Waals surface area contributed by atoms with Gasteiger partial charge < -0.3 is 14.2 Å². The number of benzene rings is 1. The van der Waals surface area contributed by atoms with Gasteiger partial charge in [-0.1, -0.05) is 23.8 Å². The third kappa shape index (κ3) is 5.57. The number of pyridine rings is 3. The van der Waals surface area contributed by atoms with Crippen molar-refractivity contribution in [3.8, 4) is 34.6 Å². The van der Waals surface area contributed by atoms with Crippen LogP contribution in [-0.2, 0) is 10.0 Å². The maximum Gasteiger partial charge on any atom is 0.281 e. The van der Waals surface area contributed by atoms with Crippen LogP contribution in [0.5, 0.6) is 23.4 Å². The number of nitrogens with one attached hydrogen (secondary N) is 1. The van der Waals surface area contributed by atoms with E-state index in [1.807, 2.05) is 37.6 Å². The molecule has 1 amide bonds. The Morgan fingerprint density at radius 2 is 1.61 bits per heavy atom. The van der Waals surface area contributed by atoms with Crippen LogP contribution in [0.1, 0.15) is 27.0 Å². The van der Waals surface area contributed by atoms with Gasteiger partial charge in [-0.2, -0.15) is 13.4 Å². The summed E-state index contributed by atoms with van der Waals surface area (Å²) in [4.78, 5) is 25.9. The molecule has 3 aromatic heterocycles. The largest absolute Gasteiger partial charge is 0.481 e. The van der Waals surface area contributed by atoms with E-state index in [1.54, 1.807) is 24.3 Å². The van der Waals surface area contributed by atoms with Crippen molar-refractivity contribution in [1.29, 1.82) is 0 Å². The average molecular weight is 535 g/mol. The van der Waals surface area contributed by atoms with Gasteiger partial charge in [-0.3, -0.25) is 4.79 Å².